The summed E-state index contributed by atoms with van der Waals surface area (Å²) >= 11 is 5.45. The SMILES string of the molecule is N#CC(C(=O)[O-])c1ncc(C(F)(F)F)cc1Cl. The fraction of sp³-hybridized carbons (Fsp3) is 0.222. The molecule has 0 amide bonds. The zero-order valence-corrected chi connectivity index (χ0v) is 8.71. The lowest BCUT2D eigenvalue weighted by molar-refractivity contribution is -0.306. The molecule has 8 heteroatoms. The molecule has 90 valence electrons. The standard InChI is InChI=1S/C9H4ClF3N2O2/c10-6-1-4(9(11,12)13)3-15-7(6)5(2-14)8(16)17/h1,3,5H,(H,16,17)/p-1. The Morgan fingerprint density at radius 2 is 2.18 bits per heavy atom. The van der Waals surface area contributed by atoms with Crippen LogP contribution < -0.4 is 5.11 Å². The summed E-state index contributed by atoms with van der Waals surface area (Å²) in [5, 5.41) is 18.5. The first-order valence-corrected chi connectivity index (χ1v) is 4.48. The summed E-state index contributed by atoms with van der Waals surface area (Å²) in [6.45, 7) is 0. The molecule has 0 aromatic carbocycles. The van der Waals surface area contributed by atoms with Crippen molar-refractivity contribution in [2.24, 2.45) is 0 Å². The Morgan fingerprint density at radius 3 is 2.53 bits per heavy atom. The molecule has 4 nitrogen and oxygen atoms in total. The first-order valence-electron chi connectivity index (χ1n) is 4.10. The van der Waals surface area contributed by atoms with Crippen LogP contribution in [-0.2, 0) is 11.0 Å². The van der Waals surface area contributed by atoms with Crippen molar-refractivity contribution in [1.82, 2.24) is 4.98 Å². The van der Waals surface area contributed by atoms with Crippen molar-refractivity contribution >= 4 is 17.6 Å². The van der Waals surface area contributed by atoms with Crippen LogP contribution in [0.2, 0.25) is 5.02 Å². The van der Waals surface area contributed by atoms with Crippen molar-refractivity contribution in [3.8, 4) is 6.07 Å². The molecule has 0 aliphatic carbocycles. The Balaban J connectivity index is 3.24. The van der Waals surface area contributed by atoms with Crippen LogP contribution in [0, 0.1) is 11.3 Å². The molecule has 17 heavy (non-hydrogen) atoms. The lowest BCUT2D eigenvalue weighted by atomic mass is 10.1. The Hall–Kier alpha value is -1.81. The highest BCUT2D eigenvalue weighted by molar-refractivity contribution is 6.31. The van der Waals surface area contributed by atoms with Gasteiger partial charge in [0, 0.05) is 6.20 Å². The Bertz CT molecular complexity index is 496. The molecule has 1 unspecified atom stereocenters. The molecule has 0 radical (unpaired) electrons. The van der Waals surface area contributed by atoms with Crippen LogP contribution in [-0.4, -0.2) is 11.0 Å². The molecular weight excluding hydrogens is 261 g/mol. The highest BCUT2D eigenvalue weighted by Crippen LogP contribution is 2.32. The van der Waals surface area contributed by atoms with Crippen molar-refractivity contribution in [1.29, 1.82) is 5.26 Å². The third kappa shape index (κ3) is 2.85. The molecule has 0 saturated heterocycles. The monoisotopic (exact) mass is 263 g/mol. The van der Waals surface area contributed by atoms with Gasteiger partial charge in [-0.3, -0.25) is 4.98 Å². The third-order valence-corrected chi connectivity index (χ3v) is 2.14. The normalized spacial score (nSPS) is 12.9. The number of carbonyl (C=O) groups excluding carboxylic acids is 1. The van der Waals surface area contributed by atoms with Gasteiger partial charge in [-0.25, -0.2) is 0 Å². The van der Waals surface area contributed by atoms with Gasteiger partial charge in [0.05, 0.1) is 28.3 Å². The van der Waals surface area contributed by atoms with Crippen molar-refractivity contribution in [3.63, 3.8) is 0 Å². The van der Waals surface area contributed by atoms with Gasteiger partial charge >= 0.3 is 6.18 Å². The number of carboxylic acid groups (broad SMARTS) is 1. The van der Waals surface area contributed by atoms with Crippen LogP contribution in [0.5, 0.6) is 0 Å². The summed E-state index contributed by atoms with van der Waals surface area (Å²) in [4.78, 5) is 13.8. The number of carbonyl (C=O) groups is 1. The maximum absolute atomic E-state index is 12.2. The number of carboxylic acids is 1. The Morgan fingerprint density at radius 1 is 1.59 bits per heavy atom. The van der Waals surface area contributed by atoms with Gasteiger partial charge in [-0.05, 0) is 6.07 Å². The van der Waals surface area contributed by atoms with Gasteiger partial charge in [-0.2, -0.15) is 18.4 Å². The second-order valence-corrected chi connectivity index (χ2v) is 3.38. The van der Waals surface area contributed by atoms with E-state index in [4.69, 9.17) is 16.9 Å². The smallest absolute Gasteiger partial charge is 0.417 e. The molecule has 1 aromatic heterocycles. The lowest BCUT2D eigenvalue weighted by Crippen LogP contribution is -2.29. The zero-order chi connectivity index (χ0) is 13.2. The first-order chi connectivity index (χ1) is 7.77. The van der Waals surface area contributed by atoms with Gasteiger partial charge in [-0.1, -0.05) is 11.6 Å². The Kier molecular flexibility index (Phi) is 3.58. The van der Waals surface area contributed by atoms with Gasteiger partial charge in [0.25, 0.3) is 0 Å². The predicted octanol–water partition coefficient (Wildman–Crippen LogP) is 1.11. The van der Waals surface area contributed by atoms with E-state index in [1.807, 2.05) is 0 Å². The number of alkyl halides is 3. The predicted molar refractivity (Wildman–Crippen MR) is 47.6 cm³/mol. The second-order valence-electron chi connectivity index (χ2n) is 2.97. The molecule has 0 aliphatic heterocycles. The van der Waals surface area contributed by atoms with Gasteiger partial charge < -0.3 is 9.90 Å². The van der Waals surface area contributed by atoms with E-state index < -0.39 is 34.3 Å². The van der Waals surface area contributed by atoms with E-state index in [0.717, 1.165) is 0 Å². The molecule has 0 saturated carbocycles. The number of hydrogen-bond acceptors (Lipinski definition) is 4. The average molecular weight is 264 g/mol. The average Bonchev–Trinajstić information content (AvgIpc) is 2.19. The van der Waals surface area contributed by atoms with Crippen LogP contribution in [0.15, 0.2) is 12.3 Å². The van der Waals surface area contributed by atoms with Crippen LogP contribution >= 0.6 is 11.6 Å². The summed E-state index contributed by atoms with van der Waals surface area (Å²) in [6.07, 6.45) is -4.23. The highest BCUT2D eigenvalue weighted by atomic mass is 35.5. The molecule has 0 spiro atoms. The number of hydrogen-bond donors (Lipinski definition) is 0. The molecule has 0 aliphatic rings. The van der Waals surface area contributed by atoms with E-state index in [1.165, 1.54) is 6.07 Å². The summed E-state index contributed by atoms with van der Waals surface area (Å²) in [5.74, 6) is -3.58. The molecule has 0 fully saturated rings. The van der Waals surface area contributed by atoms with Crippen LogP contribution in [0.3, 0.4) is 0 Å². The fourth-order valence-electron chi connectivity index (χ4n) is 1.04. The number of halogens is 4. The minimum Gasteiger partial charge on any atom is -0.548 e. The molecule has 1 rings (SSSR count). The Labute approximate surface area is 98.3 Å². The topological polar surface area (TPSA) is 76.8 Å². The van der Waals surface area contributed by atoms with Crippen molar-refractivity contribution in [2.45, 2.75) is 12.1 Å². The summed E-state index contributed by atoms with van der Waals surface area (Å²) < 4.78 is 36.7. The molecule has 1 heterocycles. The summed E-state index contributed by atoms with van der Waals surface area (Å²) in [6, 6.07) is 1.84. The van der Waals surface area contributed by atoms with Crippen LogP contribution in [0.4, 0.5) is 13.2 Å². The van der Waals surface area contributed by atoms with Crippen LogP contribution in [0.1, 0.15) is 17.2 Å². The largest absolute Gasteiger partial charge is 0.548 e. The van der Waals surface area contributed by atoms with E-state index in [9.17, 15) is 23.1 Å². The minimum atomic E-state index is -4.64. The van der Waals surface area contributed by atoms with Crippen molar-refractivity contribution in [2.75, 3.05) is 0 Å². The van der Waals surface area contributed by atoms with Gasteiger partial charge in [-0.15, -0.1) is 0 Å². The first kappa shape index (κ1) is 13.3. The van der Waals surface area contributed by atoms with E-state index in [0.29, 0.717) is 12.3 Å². The molecule has 1 atom stereocenters. The lowest BCUT2D eigenvalue weighted by Gasteiger charge is -2.13. The van der Waals surface area contributed by atoms with E-state index in [1.54, 1.807) is 0 Å². The fourth-order valence-corrected chi connectivity index (χ4v) is 1.32. The van der Waals surface area contributed by atoms with Gasteiger partial charge in [0.15, 0.2) is 0 Å². The highest BCUT2D eigenvalue weighted by Gasteiger charge is 2.32. The molecule has 0 N–H and O–H groups in total. The summed E-state index contributed by atoms with van der Waals surface area (Å²) in [7, 11) is 0. The molecule has 1 aromatic rings. The number of nitrogens with zero attached hydrogens (tertiary/aromatic N) is 2. The molecular formula is C9H3ClF3N2O2-. The zero-order valence-electron chi connectivity index (χ0n) is 7.95. The number of nitriles is 1. The number of aliphatic carboxylic acids is 1. The molecule has 0 bridgehead atoms. The third-order valence-electron chi connectivity index (χ3n) is 1.84. The minimum absolute atomic E-state index is 0.411. The second kappa shape index (κ2) is 4.59. The number of pyridine rings is 1. The van der Waals surface area contributed by atoms with E-state index in [2.05, 4.69) is 4.98 Å². The number of aromatic nitrogens is 1. The van der Waals surface area contributed by atoms with E-state index in [-0.39, 0.29) is 0 Å². The maximum atomic E-state index is 12.2. The maximum Gasteiger partial charge on any atom is 0.417 e. The van der Waals surface area contributed by atoms with Crippen LogP contribution in [0.25, 0.3) is 0 Å². The van der Waals surface area contributed by atoms with Gasteiger partial charge in [0.2, 0.25) is 0 Å². The van der Waals surface area contributed by atoms with E-state index >= 15 is 0 Å². The van der Waals surface area contributed by atoms with Crippen molar-refractivity contribution < 1.29 is 23.1 Å². The summed E-state index contributed by atoms with van der Waals surface area (Å²) in [5.41, 5.74) is -1.59. The van der Waals surface area contributed by atoms with Crippen molar-refractivity contribution in [3.05, 3.63) is 28.5 Å². The van der Waals surface area contributed by atoms with Gasteiger partial charge in [0.1, 0.15) is 5.92 Å². The quantitative estimate of drug-likeness (QED) is 0.801. The number of rotatable bonds is 2.